The molecule has 1 saturated carbocycles. The van der Waals surface area contributed by atoms with E-state index in [2.05, 4.69) is 5.32 Å². The summed E-state index contributed by atoms with van der Waals surface area (Å²) in [5, 5.41) is 12.0. The normalized spacial score (nSPS) is 21.5. The van der Waals surface area contributed by atoms with Crippen LogP contribution in [-0.2, 0) is 4.79 Å². The zero-order valence-electron chi connectivity index (χ0n) is 10.8. The van der Waals surface area contributed by atoms with Crippen molar-refractivity contribution in [2.75, 3.05) is 18.9 Å². The Morgan fingerprint density at radius 3 is 2.95 bits per heavy atom. The number of anilines is 1. The van der Waals surface area contributed by atoms with E-state index < -0.39 is 0 Å². The van der Waals surface area contributed by atoms with E-state index in [9.17, 15) is 4.79 Å². The second-order valence-electron chi connectivity index (χ2n) is 4.97. The number of nitrogen functional groups attached to an aromatic ring is 1. The van der Waals surface area contributed by atoms with E-state index in [1.165, 1.54) is 0 Å². The molecule has 1 aromatic carbocycles. The first-order valence-electron chi connectivity index (χ1n) is 6.56. The van der Waals surface area contributed by atoms with E-state index in [4.69, 9.17) is 15.6 Å². The van der Waals surface area contributed by atoms with Gasteiger partial charge in [0.15, 0.2) is 0 Å². The summed E-state index contributed by atoms with van der Waals surface area (Å²) in [5.74, 6) is 1.08. The summed E-state index contributed by atoms with van der Waals surface area (Å²) in [7, 11) is 0. The minimum absolute atomic E-state index is 0.0229. The van der Waals surface area contributed by atoms with Gasteiger partial charge in [-0.3, -0.25) is 4.79 Å². The Morgan fingerprint density at radius 1 is 1.47 bits per heavy atom. The largest absolute Gasteiger partial charge is 0.493 e. The predicted octanol–water partition coefficient (Wildman–Crippen LogP) is 0.925. The van der Waals surface area contributed by atoms with Gasteiger partial charge in [-0.1, -0.05) is 6.07 Å². The fraction of sp³-hybridized carbons (Fsp3) is 0.500. The molecule has 5 nitrogen and oxygen atoms in total. The van der Waals surface area contributed by atoms with E-state index in [1.54, 1.807) is 12.1 Å². The highest BCUT2D eigenvalue weighted by molar-refractivity contribution is 5.76. The Bertz CT molecular complexity index is 430. The van der Waals surface area contributed by atoms with Gasteiger partial charge in [0.1, 0.15) is 5.75 Å². The van der Waals surface area contributed by atoms with E-state index in [0.717, 1.165) is 12.8 Å². The van der Waals surface area contributed by atoms with Gasteiger partial charge in [0.05, 0.1) is 19.1 Å². The predicted molar refractivity (Wildman–Crippen MR) is 72.7 cm³/mol. The maximum absolute atomic E-state index is 11.5. The molecule has 0 aliphatic heterocycles. The minimum Gasteiger partial charge on any atom is -0.493 e. The molecule has 5 heteroatoms. The van der Waals surface area contributed by atoms with Gasteiger partial charge < -0.3 is 20.9 Å². The van der Waals surface area contributed by atoms with Crippen LogP contribution in [-0.4, -0.2) is 30.3 Å². The lowest BCUT2D eigenvalue weighted by Crippen LogP contribution is -2.38. The summed E-state index contributed by atoms with van der Waals surface area (Å²) >= 11 is 0. The molecule has 0 saturated heterocycles. The highest BCUT2D eigenvalue weighted by Gasteiger charge is 2.26. The number of ether oxygens (including phenoxy) is 1. The van der Waals surface area contributed by atoms with Crippen molar-refractivity contribution in [2.24, 2.45) is 5.92 Å². The van der Waals surface area contributed by atoms with Crippen molar-refractivity contribution in [1.29, 1.82) is 0 Å². The quantitative estimate of drug-likeness (QED) is 0.667. The molecule has 0 atom stereocenters. The maximum Gasteiger partial charge on any atom is 0.223 e. The smallest absolute Gasteiger partial charge is 0.223 e. The van der Waals surface area contributed by atoms with Gasteiger partial charge in [-0.25, -0.2) is 0 Å². The van der Waals surface area contributed by atoms with Crippen LogP contribution in [0.15, 0.2) is 24.3 Å². The number of nitrogens with two attached hydrogens (primary N) is 1. The van der Waals surface area contributed by atoms with Gasteiger partial charge in [0, 0.05) is 18.3 Å². The molecule has 0 spiro atoms. The van der Waals surface area contributed by atoms with Crippen LogP contribution >= 0.6 is 0 Å². The second kappa shape index (κ2) is 6.43. The third-order valence-electron chi connectivity index (χ3n) is 3.25. The summed E-state index contributed by atoms with van der Waals surface area (Å²) in [5.41, 5.74) is 6.27. The van der Waals surface area contributed by atoms with E-state index in [1.807, 2.05) is 12.1 Å². The molecule has 1 aromatic rings. The lowest BCUT2D eigenvalue weighted by Gasteiger charge is -2.31. The molecule has 2 rings (SSSR count). The molecule has 1 amide bonds. The molecule has 0 unspecified atom stereocenters. The number of benzene rings is 1. The number of carbonyl (C=O) groups is 1. The van der Waals surface area contributed by atoms with Crippen molar-refractivity contribution in [1.82, 2.24) is 5.32 Å². The third-order valence-corrected chi connectivity index (χ3v) is 3.25. The second-order valence-corrected chi connectivity index (χ2v) is 4.97. The first-order chi connectivity index (χ1) is 9.13. The van der Waals surface area contributed by atoms with E-state index in [0.29, 0.717) is 36.9 Å². The number of hydrogen-bond acceptors (Lipinski definition) is 4. The average Bonchev–Trinajstić information content (AvgIpc) is 2.33. The number of nitrogens with one attached hydrogen (secondary N) is 1. The molecule has 1 fully saturated rings. The van der Waals surface area contributed by atoms with Gasteiger partial charge in [-0.2, -0.15) is 0 Å². The Balaban J connectivity index is 1.58. The SMILES string of the molecule is Nc1cccc(OCCC(=O)NCC2CC(O)C2)c1. The highest BCUT2D eigenvalue weighted by Crippen LogP contribution is 2.26. The highest BCUT2D eigenvalue weighted by atomic mass is 16.5. The molecule has 0 radical (unpaired) electrons. The number of amides is 1. The van der Waals surface area contributed by atoms with E-state index in [-0.39, 0.29) is 12.0 Å². The Morgan fingerprint density at radius 2 is 2.26 bits per heavy atom. The van der Waals surface area contributed by atoms with Gasteiger partial charge in [-0.15, -0.1) is 0 Å². The lowest BCUT2D eigenvalue weighted by atomic mass is 9.82. The van der Waals surface area contributed by atoms with Crippen molar-refractivity contribution in [3.8, 4) is 5.75 Å². The Labute approximate surface area is 112 Å². The molecule has 1 aliphatic rings. The maximum atomic E-state index is 11.5. The fourth-order valence-corrected chi connectivity index (χ4v) is 2.08. The van der Waals surface area contributed by atoms with Crippen LogP contribution in [0.2, 0.25) is 0 Å². The number of aliphatic hydroxyl groups excluding tert-OH is 1. The molecule has 1 aliphatic carbocycles. The Kier molecular flexibility index (Phi) is 4.63. The van der Waals surface area contributed by atoms with Gasteiger partial charge in [0.25, 0.3) is 0 Å². The zero-order valence-corrected chi connectivity index (χ0v) is 10.8. The summed E-state index contributed by atoms with van der Waals surface area (Å²) in [6, 6.07) is 7.14. The van der Waals surface area contributed by atoms with Crippen molar-refractivity contribution in [3.05, 3.63) is 24.3 Å². The minimum atomic E-state index is -0.172. The first kappa shape index (κ1) is 13.7. The van der Waals surface area contributed by atoms with Crippen LogP contribution in [0.3, 0.4) is 0 Å². The van der Waals surface area contributed by atoms with Crippen molar-refractivity contribution in [3.63, 3.8) is 0 Å². The van der Waals surface area contributed by atoms with Crippen LogP contribution in [0, 0.1) is 5.92 Å². The molecule has 0 aromatic heterocycles. The molecule has 4 N–H and O–H groups in total. The molecule has 0 heterocycles. The average molecular weight is 264 g/mol. The van der Waals surface area contributed by atoms with Gasteiger partial charge in [0.2, 0.25) is 5.91 Å². The summed E-state index contributed by atoms with van der Waals surface area (Å²) < 4.78 is 5.44. The lowest BCUT2D eigenvalue weighted by molar-refractivity contribution is -0.122. The summed E-state index contributed by atoms with van der Waals surface area (Å²) in [6.45, 7) is 0.983. The molecular formula is C14H20N2O3. The fourth-order valence-electron chi connectivity index (χ4n) is 2.08. The third kappa shape index (κ3) is 4.44. The standard InChI is InChI=1S/C14H20N2O3/c15-11-2-1-3-13(8-11)19-5-4-14(18)16-9-10-6-12(17)7-10/h1-3,8,10,12,17H,4-7,9,15H2,(H,16,18). The van der Waals surface area contributed by atoms with Crippen LogP contribution in [0.5, 0.6) is 5.75 Å². The molecule has 104 valence electrons. The van der Waals surface area contributed by atoms with Crippen molar-refractivity contribution in [2.45, 2.75) is 25.4 Å². The Hall–Kier alpha value is -1.75. The number of carbonyl (C=O) groups excluding carboxylic acids is 1. The number of aliphatic hydroxyl groups is 1. The zero-order chi connectivity index (χ0) is 13.7. The number of hydrogen-bond donors (Lipinski definition) is 3. The summed E-state index contributed by atoms with van der Waals surface area (Å²) in [6.07, 6.45) is 1.73. The molecule has 0 bridgehead atoms. The van der Waals surface area contributed by atoms with Crippen LogP contribution in [0.4, 0.5) is 5.69 Å². The van der Waals surface area contributed by atoms with E-state index >= 15 is 0 Å². The first-order valence-corrected chi connectivity index (χ1v) is 6.56. The van der Waals surface area contributed by atoms with Crippen LogP contribution in [0.25, 0.3) is 0 Å². The van der Waals surface area contributed by atoms with Crippen LogP contribution < -0.4 is 15.8 Å². The monoisotopic (exact) mass is 264 g/mol. The van der Waals surface area contributed by atoms with Crippen LogP contribution in [0.1, 0.15) is 19.3 Å². The van der Waals surface area contributed by atoms with Crippen molar-refractivity contribution >= 4 is 11.6 Å². The molecular weight excluding hydrogens is 244 g/mol. The van der Waals surface area contributed by atoms with Gasteiger partial charge >= 0.3 is 0 Å². The van der Waals surface area contributed by atoms with Gasteiger partial charge in [-0.05, 0) is 30.9 Å². The number of rotatable bonds is 6. The summed E-state index contributed by atoms with van der Waals surface area (Å²) in [4.78, 5) is 11.5. The van der Waals surface area contributed by atoms with Crippen molar-refractivity contribution < 1.29 is 14.6 Å². The molecule has 19 heavy (non-hydrogen) atoms. The topological polar surface area (TPSA) is 84.6 Å².